The van der Waals surface area contributed by atoms with E-state index in [-0.39, 0.29) is 5.91 Å². The number of piperazine rings is 1. The Morgan fingerprint density at radius 2 is 1.81 bits per heavy atom. The molecule has 7 nitrogen and oxygen atoms in total. The van der Waals surface area contributed by atoms with Crippen LogP contribution in [0.25, 0.3) is 11.4 Å². The van der Waals surface area contributed by atoms with Crippen molar-refractivity contribution in [1.29, 1.82) is 0 Å². The predicted molar refractivity (Wildman–Crippen MR) is 98.8 cm³/mol. The van der Waals surface area contributed by atoms with Crippen LogP contribution in [0.1, 0.15) is 10.5 Å². The summed E-state index contributed by atoms with van der Waals surface area (Å²) in [5, 5.41) is 4.21. The molecular weight excluding hydrogens is 328 g/mol. The Morgan fingerprint density at radius 1 is 1.04 bits per heavy atom. The third-order valence-corrected chi connectivity index (χ3v) is 4.53. The summed E-state index contributed by atoms with van der Waals surface area (Å²) in [5.41, 5.74) is 2.44. The van der Waals surface area contributed by atoms with Gasteiger partial charge < -0.3 is 9.80 Å². The maximum atomic E-state index is 12.8. The predicted octanol–water partition coefficient (Wildman–Crippen LogP) is 1.84. The summed E-state index contributed by atoms with van der Waals surface area (Å²) in [4.78, 5) is 25.7. The molecule has 3 aromatic rings. The van der Waals surface area contributed by atoms with Crippen LogP contribution >= 0.6 is 0 Å². The van der Waals surface area contributed by atoms with Gasteiger partial charge in [-0.15, -0.1) is 0 Å². The molecule has 26 heavy (non-hydrogen) atoms. The number of nitrogens with zero attached hydrogens (tertiary/aromatic N) is 6. The number of rotatable bonds is 3. The van der Waals surface area contributed by atoms with Crippen LogP contribution in [0.4, 0.5) is 5.69 Å². The lowest BCUT2D eigenvalue weighted by Crippen LogP contribution is -2.49. The lowest BCUT2D eigenvalue weighted by molar-refractivity contribution is 0.0741. The van der Waals surface area contributed by atoms with Crippen molar-refractivity contribution in [2.24, 2.45) is 7.05 Å². The van der Waals surface area contributed by atoms with Gasteiger partial charge in [0.25, 0.3) is 5.91 Å². The SMILES string of the molecule is Cn1cc(N2CCN(C(=O)c3ccnc(-c4ccccc4)n3)CC2)cn1. The number of benzene rings is 1. The van der Waals surface area contributed by atoms with E-state index in [1.54, 1.807) is 16.9 Å². The van der Waals surface area contributed by atoms with Gasteiger partial charge in [0.2, 0.25) is 0 Å². The van der Waals surface area contributed by atoms with Crippen LogP contribution in [0, 0.1) is 0 Å². The summed E-state index contributed by atoms with van der Waals surface area (Å²) < 4.78 is 1.79. The molecule has 0 N–H and O–H groups in total. The number of anilines is 1. The molecule has 1 fully saturated rings. The summed E-state index contributed by atoms with van der Waals surface area (Å²) in [5.74, 6) is 0.529. The zero-order chi connectivity index (χ0) is 17.9. The first-order valence-electron chi connectivity index (χ1n) is 8.62. The summed E-state index contributed by atoms with van der Waals surface area (Å²) in [6, 6.07) is 11.4. The average Bonchev–Trinajstić information content (AvgIpc) is 3.15. The maximum Gasteiger partial charge on any atom is 0.272 e. The van der Waals surface area contributed by atoms with Gasteiger partial charge >= 0.3 is 0 Å². The average molecular weight is 348 g/mol. The number of carbonyl (C=O) groups is 1. The first-order chi connectivity index (χ1) is 12.7. The van der Waals surface area contributed by atoms with Crippen LogP contribution < -0.4 is 4.90 Å². The molecule has 4 rings (SSSR count). The Morgan fingerprint density at radius 3 is 2.50 bits per heavy atom. The van der Waals surface area contributed by atoms with Gasteiger partial charge in [-0.3, -0.25) is 9.48 Å². The zero-order valence-electron chi connectivity index (χ0n) is 14.6. The van der Waals surface area contributed by atoms with Crippen molar-refractivity contribution in [3.63, 3.8) is 0 Å². The third-order valence-electron chi connectivity index (χ3n) is 4.53. The second-order valence-electron chi connectivity index (χ2n) is 6.28. The molecule has 2 aromatic heterocycles. The molecule has 0 atom stereocenters. The molecule has 0 bridgehead atoms. The summed E-state index contributed by atoms with van der Waals surface area (Å²) in [6.07, 6.45) is 5.50. The monoisotopic (exact) mass is 348 g/mol. The Hall–Kier alpha value is -3.22. The molecule has 0 saturated carbocycles. The Kier molecular flexibility index (Phi) is 4.35. The van der Waals surface area contributed by atoms with E-state index in [4.69, 9.17) is 0 Å². The Bertz CT molecular complexity index is 899. The van der Waals surface area contributed by atoms with Gasteiger partial charge in [0, 0.05) is 51.2 Å². The van der Waals surface area contributed by atoms with Gasteiger partial charge in [0.1, 0.15) is 5.69 Å². The summed E-state index contributed by atoms with van der Waals surface area (Å²) in [6.45, 7) is 2.90. The van der Waals surface area contributed by atoms with Crippen LogP contribution in [-0.2, 0) is 7.05 Å². The molecule has 3 heterocycles. The highest BCUT2D eigenvalue weighted by Crippen LogP contribution is 2.17. The fourth-order valence-electron chi connectivity index (χ4n) is 3.11. The van der Waals surface area contributed by atoms with E-state index in [0.29, 0.717) is 24.6 Å². The second-order valence-corrected chi connectivity index (χ2v) is 6.28. The van der Waals surface area contributed by atoms with Crippen molar-refractivity contribution >= 4 is 11.6 Å². The zero-order valence-corrected chi connectivity index (χ0v) is 14.6. The molecule has 0 aliphatic carbocycles. The van der Waals surface area contributed by atoms with E-state index < -0.39 is 0 Å². The normalized spacial score (nSPS) is 14.5. The first kappa shape index (κ1) is 16.3. The molecule has 1 aromatic carbocycles. The smallest absolute Gasteiger partial charge is 0.272 e. The van der Waals surface area contributed by atoms with Gasteiger partial charge in [0.05, 0.1) is 11.9 Å². The lowest BCUT2D eigenvalue weighted by Gasteiger charge is -2.35. The Labute approximate surface area is 151 Å². The van der Waals surface area contributed by atoms with Crippen molar-refractivity contribution in [1.82, 2.24) is 24.6 Å². The Balaban J connectivity index is 1.45. The highest BCUT2D eigenvalue weighted by Gasteiger charge is 2.24. The van der Waals surface area contributed by atoms with E-state index in [0.717, 1.165) is 24.3 Å². The summed E-state index contributed by atoms with van der Waals surface area (Å²) >= 11 is 0. The third kappa shape index (κ3) is 3.28. The number of hydrogen-bond acceptors (Lipinski definition) is 5. The standard InChI is InChI=1S/C19H20N6O/c1-23-14-16(13-21-23)24-9-11-25(12-10-24)19(26)17-7-8-20-18(22-17)15-5-3-2-4-6-15/h2-8,13-14H,9-12H2,1H3. The fraction of sp³-hybridized carbons (Fsp3) is 0.263. The quantitative estimate of drug-likeness (QED) is 0.722. The highest BCUT2D eigenvalue weighted by atomic mass is 16.2. The minimum atomic E-state index is -0.0459. The molecule has 132 valence electrons. The van der Waals surface area contributed by atoms with E-state index in [1.807, 2.05) is 54.7 Å². The van der Waals surface area contributed by atoms with E-state index in [1.165, 1.54) is 0 Å². The molecule has 1 saturated heterocycles. The van der Waals surface area contributed by atoms with Crippen LogP contribution in [0.15, 0.2) is 55.0 Å². The topological polar surface area (TPSA) is 67.2 Å². The van der Waals surface area contributed by atoms with Gasteiger partial charge in [-0.25, -0.2) is 9.97 Å². The van der Waals surface area contributed by atoms with Gasteiger partial charge in [0.15, 0.2) is 5.82 Å². The van der Waals surface area contributed by atoms with Gasteiger partial charge in [-0.2, -0.15) is 5.10 Å². The van der Waals surface area contributed by atoms with Gasteiger partial charge in [-0.05, 0) is 6.07 Å². The van der Waals surface area contributed by atoms with Crippen LogP contribution in [0.2, 0.25) is 0 Å². The van der Waals surface area contributed by atoms with Crippen LogP contribution in [0.3, 0.4) is 0 Å². The fourth-order valence-corrected chi connectivity index (χ4v) is 3.11. The molecule has 1 aliphatic rings. The van der Waals surface area contributed by atoms with Crippen molar-refractivity contribution in [2.45, 2.75) is 0 Å². The number of carbonyl (C=O) groups excluding carboxylic acids is 1. The molecule has 1 amide bonds. The minimum absolute atomic E-state index is 0.0459. The molecular formula is C19H20N6O. The van der Waals surface area contributed by atoms with Gasteiger partial charge in [-0.1, -0.05) is 30.3 Å². The summed E-state index contributed by atoms with van der Waals surface area (Å²) in [7, 11) is 1.91. The second kappa shape index (κ2) is 6.95. The maximum absolute atomic E-state index is 12.8. The molecule has 1 aliphatic heterocycles. The van der Waals surface area contributed by atoms with Crippen molar-refractivity contribution < 1.29 is 4.79 Å². The first-order valence-corrected chi connectivity index (χ1v) is 8.62. The highest BCUT2D eigenvalue weighted by molar-refractivity contribution is 5.92. The van der Waals surface area contributed by atoms with E-state index in [2.05, 4.69) is 20.0 Å². The largest absolute Gasteiger partial charge is 0.365 e. The van der Waals surface area contributed by atoms with E-state index in [9.17, 15) is 4.79 Å². The number of amides is 1. The number of aromatic nitrogens is 4. The number of hydrogen-bond donors (Lipinski definition) is 0. The molecule has 0 spiro atoms. The van der Waals surface area contributed by atoms with Crippen molar-refractivity contribution in [3.05, 3.63) is 60.7 Å². The van der Waals surface area contributed by atoms with Crippen LogP contribution in [0.5, 0.6) is 0 Å². The molecule has 0 radical (unpaired) electrons. The lowest BCUT2D eigenvalue weighted by atomic mass is 10.2. The van der Waals surface area contributed by atoms with Crippen molar-refractivity contribution in [2.75, 3.05) is 31.1 Å². The van der Waals surface area contributed by atoms with Crippen LogP contribution in [-0.4, -0.2) is 56.7 Å². The molecule has 0 unspecified atom stereocenters. The van der Waals surface area contributed by atoms with E-state index >= 15 is 0 Å². The van der Waals surface area contributed by atoms with Crippen molar-refractivity contribution in [3.8, 4) is 11.4 Å². The molecule has 7 heteroatoms. The minimum Gasteiger partial charge on any atom is -0.365 e. The number of aryl methyl sites for hydroxylation is 1.